The minimum Gasteiger partial charge on any atom is -0.465 e. The number of fused-ring (bicyclic) bond motifs is 1. The molecule has 1 heterocycles. The van der Waals surface area contributed by atoms with Crippen molar-refractivity contribution in [3.05, 3.63) is 96.1 Å². The number of carbonyl (C=O) groups is 3. The van der Waals surface area contributed by atoms with Crippen LogP contribution in [0, 0.1) is 0 Å². The molecule has 3 aromatic carbocycles. The highest BCUT2D eigenvalue weighted by Crippen LogP contribution is 2.45. The summed E-state index contributed by atoms with van der Waals surface area (Å²) >= 11 is 1.55. The van der Waals surface area contributed by atoms with Gasteiger partial charge in [-0.3, -0.25) is 24.6 Å². The molecule has 3 unspecified atom stereocenters. The molecule has 8 heteroatoms. The van der Waals surface area contributed by atoms with Gasteiger partial charge in [0.25, 0.3) is 0 Å². The van der Waals surface area contributed by atoms with Crippen molar-refractivity contribution < 1.29 is 23.9 Å². The first-order chi connectivity index (χ1) is 20.0. The van der Waals surface area contributed by atoms with E-state index in [4.69, 9.17) is 9.47 Å². The molecule has 0 aliphatic carbocycles. The third-order valence-corrected chi connectivity index (χ3v) is 8.33. The van der Waals surface area contributed by atoms with Crippen LogP contribution in [0.2, 0.25) is 0 Å². The Bertz CT molecular complexity index is 1290. The zero-order valence-corrected chi connectivity index (χ0v) is 24.5. The molecule has 0 aromatic heterocycles. The van der Waals surface area contributed by atoms with Gasteiger partial charge in [-0.1, -0.05) is 86.1 Å². The molecule has 4 rings (SSSR count). The Labute approximate surface area is 246 Å². The van der Waals surface area contributed by atoms with Crippen LogP contribution in [0.5, 0.6) is 0 Å². The van der Waals surface area contributed by atoms with Crippen LogP contribution < -0.4 is 10.2 Å². The molecule has 0 fully saturated rings. The van der Waals surface area contributed by atoms with E-state index < -0.39 is 24.0 Å². The summed E-state index contributed by atoms with van der Waals surface area (Å²) < 4.78 is 10.9. The van der Waals surface area contributed by atoms with Crippen molar-refractivity contribution in [3.8, 4) is 0 Å². The number of thioether (sulfide) groups is 1. The maximum absolute atomic E-state index is 14.4. The van der Waals surface area contributed by atoms with Crippen molar-refractivity contribution in [3.63, 3.8) is 0 Å². The van der Waals surface area contributed by atoms with E-state index in [1.807, 2.05) is 91.9 Å². The molecule has 0 radical (unpaired) electrons. The number of amides is 1. The summed E-state index contributed by atoms with van der Waals surface area (Å²) in [5.74, 6) is -1.16. The zero-order valence-electron chi connectivity index (χ0n) is 23.7. The van der Waals surface area contributed by atoms with Gasteiger partial charge in [-0.2, -0.15) is 0 Å². The molecule has 1 aliphatic rings. The molecule has 1 aliphatic heterocycles. The average molecular weight is 575 g/mol. The molecule has 3 atom stereocenters. The number of ether oxygens (including phenoxy) is 2. The molecule has 7 nitrogen and oxygen atoms in total. The lowest BCUT2D eigenvalue weighted by molar-refractivity contribution is -0.146. The van der Waals surface area contributed by atoms with Crippen molar-refractivity contribution in [1.29, 1.82) is 0 Å². The van der Waals surface area contributed by atoms with E-state index in [2.05, 4.69) is 5.32 Å². The molecule has 1 amide bonds. The topological polar surface area (TPSA) is 84.9 Å². The predicted molar refractivity (Wildman–Crippen MR) is 162 cm³/mol. The number of hydrogen-bond acceptors (Lipinski definition) is 7. The summed E-state index contributed by atoms with van der Waals surface area (Å²) in [6.07, 6.45) is 2.74. The predicted octanol–water partition coefficient (Wildman–Crippen LogP) is 5.73. The molecule has 216 valence electrons. The second-order valence-corrected chi connectivity index (χ2v) is 11.1. The summed E-state index contributed by atoms with van der Waals surface area (Å²) in [5, 5.41) is 3.04. The molecule has 0 saturated heterocycles. The van der Waals surface area contributed by atoms with Crippen LogP contribution in [0.3, 0.4) is 0 Å². The van der Waals surface area contributed by atoms with Gasteiger partial charge in [-0.15, -0.1) is 11.8 Å². The van der Waals surface area contributed by atoms with E-state index in [-0.39, 0.29) is 24.3 Å². The van der Waals surface area contributed by atoms with Crippen molar-refractivity contribution in [2.45, 2.75) is 61.8 Å². The van der Waals surface area contributed by atoms with Crippen LogP contribution in [-0.2, 0) is 30.3 Å². The lowest BCUT2D eigenvalue weighted by Crippen LogP contribution is -2.55. The largest absolute Gasteiger partial charge is 0.465 e. The van der Waals surface area contributed by atoms with E-state index in [0.29, 0.717) is 25.1 Å². The minimum absolute atomic E-state index is 0.214. The standard InChI is InChI=1S/C33H38N2O5S/c1-3-5-22-40-29(36)23-35-27-18-12-13-19-28(27)41-31(25-16-10-7-11-17-25)30(32(35)37)34-26(33(38)39-4-2)21-20-24-14-8-6-9-15-24/h6-19,26,30-31,34H,3-5,20-23H2,1-2H3. The fraction of sp³-hybridized carbons (Fsp3) is 0.364. The molecule has 3 aromatic rings. The molecular formula is C33H38N2O5S. The Kier molecular flexibility index (Phi) is 11.4. The van der Waals surface area contributed by atoms with Gasteiger partial charge in [0, 0.05) is 4.90 Å². The Morgan fingerprint density at radius 3 is 2.32 bits per heavy atom. The third-order valence-electron chi connectivity index (χ3n) is 6.94. The molecule has 0 spiro atoms. The molecular weight excluding hydrogens is 536 g/mol. The van der Waals surface area contributed by atoms with Gasteiger partial charge in [0.05, 0.1) is 24.2 Å². The Hall–Kier alpha value is -3.62. The maximum atomic E-state index is 14.4. The normalized spacial score (nSPS) is 17.3. The van der Waals surface area contributed by atoms with Crippen LogP contribution >= 0.6 is 11.8 Å². The van der Waals surface area contributed by atoms with Gasteiger partial charge in [0.1, 0.15) is 18.6 Å². The summed E-state index contributed by atoms with van der Waals surface area (Å²) in [5.41, 5.74) is 2.68. The van der Waals surface area contributed by atoms with E-state index in [1.165, 1.54) is 4.90 Å². The number of rotatable bonds is 13. The molecule has 0 bridgehead atoms. The number of esters is 2. The number of anilines is 1. The number of benzene rings is 3. The first kappa shape index (κ1) is 30.3. The number of carbonyl (C=O) groups excluding carboxylic acids is 3. The number of hydrogen-bond donors (Lipinski definition) is 1. The number of nitrogens with zero attached hydrogens (tertiary/aromatic N) is 1. The Morgan fingerprint density at radius 1 is 0.927 bits per heavy atom. The third kappa shape index (κ3) is 8.21. The molecule has 41 heavy (non-hydrogen) atoms. The lowest BCUT2D eigenvalue weighted by atomic mass is 10.00. The summed E-state index contributed by atoms with van der Waals surface area (Å²) in [7, 11) is 0. The van der Waals surface area contributed by atoms with Crippen molar-refractivity contribution in [2.75, 3.05) is 24.7 Å². The number of aryl methyl sites for hydroxylation is 1. The fourth-order valence-corrected chi connectivity index (χ4v) is 6.17. The second-order valence-electron chi connectivity index (χ2n) is 9.89. The van der Waals surface area contributed by atoms with Crippen LogP contribution in [-0.4, -0.2) is 49.7 Å². The lowest BCUT2D eigenvalue weighted by Gasteiger charge is -2.31. The van der Waals surface area contributed by atoms with Crippen LogP contribution in [0.1, 0.15) is 49.5 Å². The van der Waals surface area contributed by atoms with Crippen molar-refractivity contribution in [2.24, 2.45) is 0 Å². The molecule has 1 N–H and O–H groups in total. The van der Waals surface area contributed by atoms with Gasteiger partial charge in [0.2, 0.25) is 5.91 Å². The van der Waals surface area contributed by atoms with Crippen LogP contribution in [0.15, 0.2) is 89.8 Å². The minimum atomic E-state index is -0.816. The SMILES string of the molecule is CCCCOC(=O)CN1C(=O)C(NC(CCc2ccccc2)C(=O)OCC)C(c2ccccc2)Sc2ccccc21. The summed E-state index contributed by atoms with van der Waals surface area (Å²) in [4.78, 5) is 42.9. The number of para-hydroxylation sites is 1. The Balaban J connectivity index is 1.69. The summed E-state index contributed by atoms with van der Waals surface area (Å²) in [6.45, 7) is 4.13. The quantitative estimate of drug-likeness (QED) is 0.206. The van der Waals surface area contributed by atoms with E-state index in [1.54, 1.807) is 18.7 Å². The Morgan fingerprint density at radius 2 is 1.61 bits per heavy atom. The van der Waals surface area contributed by atoms with Crippen LogP contribution in [0.4, 0.5) is 5.69 Å². The average Bonchev–Trinajstić information content (AvgIpc) is 3.11. The van der Waals surface area contributed by atoms with Gasteiger partial charge in [0.15, 0.2) is 0 Å². The monoisotopic (exact) mass is 574 g/mol. The van der Waals surface area contributed by atoms with Gasteiger partial charge in [-0.05, 0) is 49.4 Å². The van der Waals surface area contributed by atoms with E-state index >= 15 is 0 Å². The number of unbranched alkanes of at least 4 members (excludes halogenated alkanes) is 1. The van der Waals surface area contributed by atoms with E-state index in [9.17, 15) is 14.4 Å². The van der Waals surface area contributed by atoms with Gasteiger partial charge < -0.3 is 9.47 Å². The number of nitrogens with one attached hydrogen (secondary N) is 1. The van der Waals surface area contributed by atoms with Gasteiger partial charge >= 0.3 is 11.9 Å². The molecule has 0 saturated carbocycles. The van der Waals surface area contributed by atoms with Crippen molar-refractivity contribution in [1.82, 2.24) is 5.32 Å². The smallest absolute Gasteiger partial charge is 0.326 e. The highest BCUT2D eigenvalue weighted by molar-refractivity contribution is 7.99. The maximum Gasteiger partial charge on any atom is 0.326 e. The van der Waals surface area contributed by atoms with Crippen LogP contribution in [0.25, 0.3) is 0 Å². The highest BCUT2D eigenvalue weighted by atomic mass is 32.2. The van der Waals surface area contributed by atoms with Crippen molar-refractivity contribution >= 4 is 35.3 Å². The first-order valence-corrected chi connectivity index (χ1v) is 15.1. The first-order valence-electron chi connectivity index (χ1n) is 14.3. The second kappa shape index (κ2) is 15.4. The van der Waals surface area contributed by atoms with Gasteiger partial charge in [-0.25, -0.2) is 0 Å². The summed E-state index contributed by atoms with van der Waals surface area (Å²) in [6, 6.07) is 25.8. The highest BCUT2D eigenvalue weighted by Gasteiger charge is 2.41. The zero-order chi connectivity index (χ0) is 29.0. The fourth-order valence-electron chi connectivity index (χ4n) is 4.82. The van der Waals surface area contributed by atoms with E-state index in [0.717, 1.165) is 28.9 Å².